The lowest BCUT2D eigenvalue weighted by Crippen LogP contribution is -2.38. The minimum atomic E-state index is -0.364. The van der Waals surface area contributed by atoms with Gasteiger partial charge in [-0.2, -0.15) is 5.10 Å². The van der Waals surface area contributed by atoms with Crippen molar-refractivity contribution in [3.8, 4) is 0 Å². The highest BCUT2D eigenvalue weighted by Gasteiger charge is 2.34. The lowest BCUT2D eigenvalue weighted by atomic mass is 9.95. The number of halogens is 1. The Balaban J connectivity index is 1.51. The summed E-state index contributed by atoms with van der Waals surface area (Å²) in [7, 11) is 0. The molecule has 0 bridgehead atoms. The highest BCUT2D eigenvalue weighted by Crippen LogP contribution is 2.33. The highest BCUT2D eigenvalue weighted by molar-refractivity contribution is 7.19. The number of hydrogen-bond donors (Lipinski definition) is 3. The van der Waals surface area contributed by atoms with Crippen LogP contribution in [-0.2, 0) is 13.1 Å². The van der Waals surface area contributed by atoms with Crippen LogP contribution >= 0.6 is 11.3 Å². The number of aromatic nitrogens is 3. The molecule has 0 spiro atoms. The Morgan fingerprint density at radius 2 is 2.03 bits per heavy atom. The van der Waals surface area contributed by atoms with Gasteiger partial charge < -0.3 is 20.9 Å². The molecule has 1 unspecified atom stereocenters. The van der Waals surface area contributed by atoms with Gasteiger partial charge in [-0.3, -0.25) is 14.3 Å². The van der Waals surface area contributed by atoms with Crippen LogP contribution in [0.3, 0.4) is 0 Å². The molecule has 1 atom stereocenters. The van der Waals surface area contributed by atoms with Crippen molar-refractivity contribution in [2.45, 2.75) is 25.9 Å². The van der Waals surface area contributed by atoms with E-state index < -0.39 is 0 Å². The van der Waals surface area contributed by atoms with E-state index in [4.69, 9.17) is 5.73 Å². The number of benzene rings is 1. The second kappa shape index (κ2) is 8.79. The zero-order valence-electron chi connectivity index (χ0n) is 18.4. The molecule has 0 saturated carbocycles. The number of anilines is 2. The first kappa shape index (κ1) is 21.9. The molecule has 5 rings (SSSR count). The number of carbonyl (C=O) groups excluding carboxylic acids is 2. The van der Waals surface area contributed by atoms with Gasteiger partial charge in [0.05, 0.1) is 23.1 Å². The van der Waals surface area contributed by atoms with Gasteiger partial charge in [0.1, 0.15) is 11.5 Å². The Kier molecular flexibility index (Phi) is 5.66. The molecular formula is C24H23FN6O2S. The third kappa shape index (κ3) is 4.19. The summed E-state index contributed by atoms with van der Waals surface area (Å²) < 4.78 is 15.2. The molecule has 174 valence electrons. The van der Waals surface area contributed by atoms with Gasteiger partial charge in [-0.25, -0.2) is 4.39 Å². The molecule has 0 aliphatic carbocycles. The van der Waals surface area contributed by atoms with E-state index in [-0.39, 0.29) is 35.8 Å². The molecule has 2 amide bonds. The lowest BCUT2D eigenvalue weighted by Gasteiger charge is -2.32. The maximum atomic E-state index is 13.4. The summed E-state index contributed by atoms with van der Waals surface area (Å²) in [6.07, 6.45) is 1.71. The van der Waals surface area contributed by atoms with Gasteiger partial charge in [-0.15, -0.1) is 11.3 Å². The van der Waals surface area contributed by atoms with Crippen LogP contribution in [0.1, 0.15) is 50.6 Å². The van der Waals surface area contributed by atoms with Crippen molar-refractivity contribution in [3.63, 3.8) is 0 Å². The van der Waals surface area contributed by atoms with E-state index >= 15 is 0 Å². The van der Waals surface area contributed by atoms with E-state index in [1.54, 1.807) is 52.2 Å². The number of amides is 2. The van der Waals surface area contributed by atoms with Gasteiger partial charge in [0, 0.05) is 29.9 Å². The van der Waals surface area contributed by atoms with Gasteiger partial charge in [0.15, 0.2) is 5.69 Å². The number of nitrogens with zero attached hydrogens (tertiary/aromatic N) is 3. The monoisotopic (exact) mass is 478 g/mol. The van der Waals surface area contributed by atoms with Crippen molar-refractivity contribution >= 4 is 33.2 Å². The largest absolute Gasteiger partial charge is 0.391 e. The minimum Gasteiger partial charge on any atom is -0.391 e. The van der Waals surface area contributed by atoms with Crippen LogP contribution in [0.5, 0.6) is 0 Å². The summed E-state index contributed by atoms with van der Waals surface area (Å²) in [6, 6.07) is 13.2. The highest BCUT2D eigenvalue weighted by atomic mass is 32.1. The number of hydrogen-bond acceptors (Lipinski definition) is 5. The molecule has 10 heteroatoms. The minimum absolute atomic E-state index is 0.0606. The number of H-pyrrole nitrogens is 1. The Bertz CT molecular complexity index is 1340. The predicted octanol–water partition coefficient (Wildman–Crippen LogP) is 4.05. The Hall–Kier alpha value is -3.92. The molecule has 8 nitrogen and oxygen atoms in total. The molecule has 0 fully saturated rings. The van der Waals surface area contributed by atoms with Crippen molar-refractivity contribution in [1.29, 1.82) is 0 Å². The zero-order chi connectivity index (χ0) is 23.8. The summed E-state index contributed by atoms with van der Waals surface area (Å²) in [4.78, 5) is 31.0. The van der Waals surface area contributed by atoms with Crippen LogP contribution in [-0.4, -0.2) is 38.0 Å². The lowest BCUT2D eigenvalue weighted by molar-refractivity contribution is 0.0711. The van der Waals surface area contributed by atoms with Crippen LogP contribution in [0.2, 0.25) is 0 Å². The van der Waals surface area contributed by atoms with Gasteiger partial charge in [0.2, 0.25) is 0 Å². The average Bonchev–Trinajstić information content (AvgIpc) is 3.56. The fourth-order valence-corrected chi connectivity index (χ4v) is 5.01. The first-order valence-electron chi connectivity index (χ1n) is 10.8. The van der Waals surface area contributed by atoms with Crippen LogP contribution in [0.25, 0.3) is 0 Å². The summed E-state index contributed by atoms with van der Waals surface area (Å²) >= 11 is 1.27. The normalized spacial score (nSPS) is 15.2. The molecule has 0 radical (unpaired) electrons. The second-order valence-electron chi connectivity index (χ2n) is 8.32. The van der Waals surface area contributed by atoms with Crippen molar-refractivity contribution in [2.75, 3.05) is 17.6 Å². The number of rotatable bonds is 5. The molecule has 4 heterocycles. The van der Waals surface area contributed by atoms with E-state index in [0.717, 1.165) is 11.3 Å². The summed E-state index contributed by atoms with van der Waals surface area (Å²) in [5.41, 5.74) is 9.03. The van der Waals surface area contributed by atoms with E-state index in [1.165, 1.54) is 23.5 Å². The topological polar surface area (TPSA) is 109 Å². The van der Waals surface area contributed by atoms with Gasteiger partial charge in [-0.1, -0.05) is 19.1 Å². The SMILES string of the molecule is CC1CN(C(=O)c2ccc[nH]2)Cc2c(C(=O)Nc3ccc(N)s3)nn(Cc3ccc(F)cc3)c21. The number of aromatic amines is 1. The van der Waals surface area contributed by atoms with Gasteiger partial charge in [0.25, 0.3) is 11.8 Å². The second-order valence-corrected chi connectivity index (χ2v) is 9.44. The fraction of sp³-hybridized carbons (Fsp3) is 0.208. The number of thiophene rings is 1. The molecule has 4 aromatic rings. The standard InChI is InChI=1S/C24H23FN6O2S/c1-14-11-30(24(33)18-3-2-10-27-18)13-17-21(23(32)28-20-9-8-19(26)34-20)29-31(22(14)17)12-15-4-6-16(25)7-5-15/h2-10,14,27H,11-13,26H2,1H3,(H,28,32). The smallest absolute Gasteiger partial charge is 0.277 e. The number of carbonyl (C=O) groups is 2. The number of nitrogens with one attached hydrogen (secondary N) is 2. The van der Waals surface area contributed by atoms with Gasteiger partial charge >= 0.3 is 0 Å². The van der Waals surface area contributed by atoms with E-state index in [0.29, 0.717) is 34.3 Å². The van der Waals surface area contributed by atoms with Crippen molar-refractivity contribution in [1.82, 2.24) is 19.7 Å². The van der Waals surface area contributed by atoms with Crippen molar-refractivity contribution in [2.24, 2.45) is 0 Å². The third-order valence-electron chi connectivity index (χ3n) is 5.84. The first-order chi connectivity index (χ1) is 16.4. The Morgan fingerprint density at radius 3 is 2.71 bits per heavy atom. The summed E-state index contributed by atoms with van der Waals surface area (Å²) in [5, 5.41) is 8.73. The maximum absolute atomic E-state index is 13.4. The van der Waals surface area contributed by atoms with E-state index in [2.05, 4.69) is 15.4 Å². The third-order valence-corrected chi connectivity index (χ3v) is 6.67. The summed E-state index contributed by atoms with van der Waals surface area (Å²) in [6.45, 7) is 3.15. The van der Waals surface area contributed by atoms with Crippen LogP contribution in [0.15, 0.2) is 54.7 Å². The van der Waals surface area contributed by atoms with Gasteiger partial charge in [-0.05, 0) is 42.0 Å². The molecule has 0 saturated heterocycles. The number of nitrogens with two attached hydrogens (primary N) is 1. The molecular weight excluding hydrogens is 455 g/mol. The maximum Gasteiger partial charge on any atom is 0.277 e. The van der Waals surface area contributed by atoms with E-state index in [9.17, 15) is 14.0 Å². The average molecular weight is 479 g/mol. The molecule has 1 aromatic carbocycles. The molecule has 4 N–H and O–H groups in total. The number of fused-ring (bicyclic) bond motifs is 1. The van der Waals surface area contributed by atoms with E-state index in [1.807, 2.05) is 6.92 Å². The number of nitrogen functional groups attached to an aromatic ring is 1. The molecule has 34 heavy (non-hydrogen) atoms. The summed E-state index contributed by atoms with van der Waals surface area (Å²) in [5.74, 6) is -0.869. The molecule has 3 aromatic heterocycles. The predicted molar refractivity (Wildman–Crippen MR) is 128 cm³/mol. The Labute approximate surface area is 199 Å². The van der Waals surface area contributed by atoms with Crippen molar-refractivity contribution < 1.29 is 14.0 Å². The Morgan fingerprint density at radius 1 is 1.24 bits per heavy atom. The fourth-order valence-electron chi connectivity index (χ4n) is 4.34. The molecule has 1 aliphatic rings. The first-order valence-corrected chi connectivity index (χ1v) is 11.6. The van der Waals surface area contributed by atoms with Crippen LogP contribution in [0.4, 0.5) is 14.4 Å². The quantitative estimate of drug-likeness (QED) is 0.402. The van der Waals surface area contributed by atoms with Crippen molar-refractivity contribution in [3.05, 3.63) is 88.8 Å². The van der Waals surface area contributed by atoms with Crippen LogP contribution < -0.4 is 11.1 Å². The molecule has 1 aliphatic heterocycles. The van der Waals surface area contributed by atoms with Crippen LogP contribution in [0, 0.1) is 5.82 Å². The zero-order valence-corrected chi connectivity index (χ0v) is 19.2.